The minimum atomic E-state index is -3.76. The molecule has 1 amide bonds. The molecule has 2 aromatic carbocycles. The molecule has 0 atom stereocenters. The van der Waals surface area contributed by atoms with E-state index in [-0.39, 0.29) is 22.5 Å². The third-order valence-corrected chi connectivity index (χ3v) is 8.41. The lowest BCUT2D eigenvalue weighted by molar-refractivity contribution is -0.123. The first kappa shape index (κ1) is 22.1. The number of halogens is 1. The number of piperidine rings is 1. The lowest BCUT2D eigenvalue weighted by Gasteiger charge is -2.33. The van der Waals surface area contributed by atoms with Crippen LogP contribution in [-0.4, -0.2) is 52.5 Å². The fraction of sp³-hybridized carbons (Fsp3) is 0.409. The fourth-order valence-electron chi connectivity index (χ4n) is 4.29. The van der Waals surface area contributed by atoms with Crippen molar-refractivity contribution in [1.29, 1.82) is 0 Å². The Balaban J connectivity index is 1.47. The molecule has 7 nitrogen and oxygen atoms in total. The second-order valence-electron chi connectivity index (χ2n) is 7.71. The Bertz CT molecular complexity index is 1100. The van der Waals surface area contributed by atoms with Crippen molar-refractivity contribution >= 4 is 37.5 Å². The molecule has 1 fully saturated rings. The number of benzene rings is 2. The Morgan fingerprint density at radius 2 is 1.77 bits per heavy atom. The monoisotopic (exact) mass is 508 g/mol. The van der Waals surface area contributed by atoms with E-state index in [0.29, 0.717) is 38.2 Å². The van der Waals surface area contributed by atoms with Crippen molar-refractivity contribution in [2.75, 3.05) is 38.8 Å². The molecule has 0 N–H and O–H groups in total. The van der Waals surface area contributed by atoms with Gasteiger partial charge in [-0.1, -0.05) is 15.9 Å². The van der Waals surface area contributed by atoms with E-state index in [1.165, 1.54) is 24.6 Å². The van der Waals surface area contributed by atoms with E-state index in [2.05, 4.69) is 22.0 Å². The number of carbonyl (C=O) groups is 1. The summed E-state index contributed by atoms with van der Waals surface area (Å²) in [5.41, 5.74) is 2.12. The van der Waals surface area contributed by atoms with Crippen molar-refractivity contribution in [3.8, 4) is 11.5 Å². The number of hydrogen-bond acceptors (Lipinski definition) is 5. The predicted octanol–water partition coefficient (Wildman–Crippen LogP) is 3.46. The van der Waals surface area contributed by atoms with Gasteiger partial charge in [-0.2, -0.15) is 4.31 Å². The number of hydrogen-bond donors (Lipinski definition) is 0. The maximum absolute atomic E-state index is 13.3. The van der Waals surface area contributed by atoms with E-state index in [9.17, 15) is 13.2 Å². The van der Waals surface area contributed by atoms with Crippen LogP contribution in [-0.2, 0) is 21.2 Å². The number of nitrogens with zero attached hydrogens (tertiary/aromatic N) is 2. The summed E-state index contributed by atoms with van der Waals surface area (Å²) in [6.45, 7) is 1.25. The zero-order chi connectivity index (χ0) is 22.2. The van der Waals surface area contributed by atoms with Crippen molar-refractivity contribution in [2.24, 2.45) is 5.92 Å². The molecule has 0 aliphatic carbocycles. The van der Waals surface area contributed by atoms with E-state index in [1.807, 2.05) is 17.0 Å². The first-order valence-corrected chi connectivity index (χ1v) is 12.4. The van der Waals surface area contributed by atoms with E-state index >= 15 is 0 Å². The van der Waals surface area contributed by atoms with Gasteiger partial charge in [0.15, 0.2) is 0 Å². The number of amides is 1. The van der Waals surface area contributed by atoms with Crippen molar-refractivity contribution in [1.82, 2.24) is 4.31 Å². The standard InChI is InChI=1S/C22H25BrN2O5S/c1-29-18-4-6-20(30-2)21(14-18)31(27,28)24-10-7-15(8-11-24)22(26)25-12-9-16-13-17(23)3-5-19(16)25/h3-6,13-15H,7-12H2,1-2H3. The summed E-state index contributed by atoms with van der Waals surface area (Å²) >= 11 is 3.48. The van der Waals surface area contributed by atoms with Crippen molar-refractivity contribution < 1.29 is 22.7 Å². The first-order valence-electron chi connectivity index (χ1n) is 10.2. The van der Waals surface area contributed by atoms with Gasteiger partial charge < -0.3 is 14.4 Å². The van der Waals surface area contributed by atoms with Crippen LogP contribution in [0.15, 0.2) is 45.8 Å². The Morgan fingerprint density at radius 3 is 2.45 bits per heavy atom. The van der Waals surface area contributed by atoms with Crippen LogP contribution in [0.25, 0.3) is 0 Å². The molecular formula is C22H25BrN2O5S. The molecule has 0 spiro atoms. The van der Waals surface area contributed by atoms with Crippen molar-refractivity contribution in [2.45, 2.75) is 24.2 Å². The topological polar surface area (TPSA) is 76.1 Å². The van der Waals surface area contributed by atoms with Crippen LogP contribution in [0.4, 0.5) is 5.69 Å². The lowest BCUT2D eigenvalue weighted by atomic mass is 9.96. The van der Waals surface area contributed by atoms with Gasteiger partial charge in [0.2, 0.25) is 15.9 Å². The lowest BCUT2D eigenvalue weighted by Crippen LogP contribution is -2.44. The Hall–Kier alpha value is -2.10. The van der Waals surface area contributed by atoms with Crippen LogP contribution in [0, 0.1) is 5.92 Å². The molecule has 1 saturated heterocycles. The minimum absolute atomic E-state index is 0.0806. The van der Waals surface area contributed by atoms with Crippen molar-refractivity contribution in [3.05, 3.63) is 46.4 Å². The summed E-state index contributed by atoms with van der Waals surface area (Å²) in [4.78, 5) is 15.1. The van der Waals surface area contributed by atoms with Gasteiger partial charge in [-0.15, -0.1) is 0 Å². The van der Waals surface area contributed by atoms with E-state index in [1.54, 1.807) is 12.1 Å². The van der Waals surface area contributed by atoms with Crippen LogP contribution in [0.3, 0.4) is 0 Å². The van der Waals surface area contributed by atoms with Crippen molar-refractivity contribution in [3.63, 3.8) is 0 Å². The third kappa shape index (κ3) is 4.18. The Kier molecular flexibility index (Phi) is 6.27. The molecular weight excluding hydrogens is 484 g/mol. The second-order valence-corrected chi connectivity index (χ2v) is 10.5. The molecule has 166 valence electrons. The maximum Gasteiger partial charge on any atom is 0.246 e. The highest BCUT2D eigenvalue weighted by Crippen LogP contribution is 2.35. The van der Waals surface area contributed by atoms with Gasteiger partial charge in [0.1, 0.15) is 16.4 Å². The predicted molar refractivity (Wildman–Crippen MR) is 121 cm³/mol. The summed E-state index contributed by atoms with van der Waals surface area (Å²) in [5, 5.41) is 0. The number of anilines is 1. The fourth-order valence-corrected chi connectivity index (χ4v) is 6.34. The summed E-state index contributed by atoms with van der Waals surface area (Å²) < 4.78 is 39.4. The number of rotatable bonds is 5. The quantitative estimate of drug-likeness (QED) is 0.617. The normalized spacial score (nSPS) is 17.5. The van der Waals surface area contributed by atoms with E-state index in [4.69, 9.17) is 9.47 Å². The largest absolute Gasteiger partial charge is 0.497 e. The first-order chi connectivity index (χ1) is 14.8. The SMILES string of the molecule is COc1ccc(OC)c(S(=O)(=O)N2CCC(C(=O)N3CCc4cc(Br)ccc43)CC2)c1. The molecule has 9 heteroatoms. The molecule has 0 bridgehead atoms. The van der Waals surface area contributed by atoms with Gasteiger partial charge in [-0.25, -0.2) is 8.42 Å². The van der Waals surface area contributed by atoms with Crippen LogP contribution in [0.5, 0.6) is 11.5 Å². The van der Waals surface area contributed by atoms with Crippen LogP contribution in [0.2, 0.25) is 0 Å². The van der Waals surface area contributed by atoms with E-state index in [0.717, 1.165) is 22.1 Å². The van der Waals surface area contributed by atoms with Gasteiger partial charge in [0.05, 0.1) is 14.2 Å². The zero-order valence-electron chi connectivity index (χ0n) is 17.5. The number of methoxy groups -OCH3 is 2. The highest BCUT2D eigenvalue weighted by Gasteiger charge is 2.37. The highest BCUT2D eigenvalue weighted by atomic mass is 79.9. The maximum atomic E-state index is 13.3. The molecule has 2 aliphatic rings. The Labute approximate surface area is 191 Å². The number of sulfonamides is 1. The molecule has 2 heterocycles. The highest BCUT2D eigenvalue weighted by molar-refractivity contribution is 9.10. The van der Waals surface area contributed by atoms with Crippen LogP contribution >= 0.6 is 15.9 Å². The molecule has 2 aliphatic heterocycles. The average Bonchev–Trinajstić information content (AvgIpc) is 3.21. The molecule has 0 aromatic heterocycles. The third-order valence-electron chi connectivity index (χ3n) is 5.99. The minimum Gasteiger partial charge on any atom is -0.497 e. The Morgan fingerprint density at radius 1 is 1.03 bits per heavy atom. The molecule has 4 rings (SSSR count). The van der Waals surface area contributed by atoms with Gasteiger partial charge in [-0.05, 0) is 55.2 Å². The van der Waals surface area contributed by atoms with Gasteiger partial charge in [0.25, 0.3) is 0 Å². The van der Waals surface area contributed by atoms with Gasteiger partial charge in [0, 0.05) is 41.8 Å². The second kappa shape index (κ2) is 8.80. The van der Waals surface area contributed by atoms with Gasteiger partial charge >= 0.3 is 0 Å². The van der Waals surface area contributed by atoms with E-state index < -0.39 is 10.0 Å². The number of fused-ring (bicyclic) bond motifs is 1. The number of ether oxygens (including phenoxy) is 2. The summed E-state index contributed by atoms with van der Waals surface area (Å²) in [5.74, 6) is 0.618. The molecule has 31 heavy (non-hydrogen) atoms. The molecule has 0 radical (unpaired) electrons. The zero-order valence-corrected chi connectivity index (χ0v) is 19.9. The molecule has 2 aromatic rings. The summed E-state index contributed by atoms with van der Waals surface area (Å²) in [7, 11) is -0.828. The van der Waals surface area contributed by atoms with Crippen LogP contribution < -0.4 is 14.4 Å². The molecule has 0 unspecified atom stereocenters. The van der Waals surface area contributed by atoms with Gasteiger partial charge in [-0.3, -0.25) is 4.79 Å². The molecule has 0 saturated carbocycles. The average molecular weight is 509 g/mol. The number of carbonyl (C=O) groups excluding carboxylic acids is 1. The smallest absolute Gasteiger partial charge is 0.246 e. The summed E-state index contributed by atoms with van der Waals surface area (Å²) in [6.07, 6.45) is 1.82. The summed E-state index contributed by atoms with van der Waals surface area (Å²) in [6, 6.07) is 10.7. The van der Waals surface area contributed by atoms with Crippen LogP contribution in [0.1, 0.15) is 18.4 Å².